The minimum absolute atomic E-state index is 0.532. The van der Waals surface area contributed by atoms with Gasteiger partial charge in [-0.25, -0.2) is 4.98 Å². The number of hydrogen-bond acceptors (Lipinski definition) is 3. The van der Waals surface area contributed by atoms with Crippen LogP contribution in [0.1, 0.15) is 37.3 Å². The fraction of sp³-hybridized carbons (Fsp3) is 0.615. The zero-order valence-corrected chi connectivity index (χ0v) is 9.65. The third kappa shape index (κ3) is 1.80. The molecule has 1 atom stereocenters. The van der Waals surface area contributed by atoms with Gasteiger partial charge in [0.1, 0.15) is 5.82 Å². The van der Waals surface area contributed by atoms with Gasteiger partial charge in [0.15, 0.2) is 0 Å². The Bertz CT molecular complexity index is 317. The molecule has 2 fully saturated rings. The molecule has 1 unspecified atom stereocenters. The lowest BCUT2D eigenvalue weighted by Gasteiger charge is -2.22. The lowest BCUT2D eigenvalue weighted by atomic mass is 10.1. The molecule has 1 aromatic rings. The van der Waals surface area contributed by atoms with Crippen molar-refractivity contribution < 1.29 is 0 Å². The predicted octanol–water partition coefficient (Wildman–Crippen LogP) is 2.11. The molecule has 16 heavy (non-hydrogen) atoms. The van der Waals surface area contributed by atoms with Gasteiger partial charge in [-0.15, -0.1) is 0 Å². The number of nitrogens with one attached hydrogen (secondary N) is 1. The largest absolute Gasteiger partial charge is 0.356 e. The maximum atomic E-state index is 4.59. The summed E-state index contributed by atoms with van der Waals surface area (Å²) in [7, 11) is 0. The van der Waals surface area contributed by atoms with Crippen molar-refractivity contribution in [2.45, 2.75) is 31.7 Å². The van der Waals surface area contributed by atoms with E-state index in [0.29, 0.717) is 6.04 Å². The normalized spacial score (nSPS) is 25.2. The first kappa shape index (κ1) is 10.1. The Labute approximate surface area is 96.9 Å². The summed E-state index contributed by atoms with van der Waals surface area (Å²) < 4.78 is 0. The standard InChI is InChI=1S/C13H19N3/c1-2-10-16(9-1)13-11(5-3-8-15-13)12-6-4-7-14-12/h3,5,8,12,14H,1-2,4,6-7,9-10H2. The summed E-state index contributed by atoms with van der Waals surface area (Å²) in [5.41, 5.74) is 1.40. The van der Waals surface area contributed by atoms with E-state index in [2.05, 4.69) is 27.3 Å². The van der Waals surface area contributed by atoms with Crippen molar-refractivity contribution in [1.29, 1.82) is 0 Å². The minimum Gasteiger partial charge on any atom is -0.356 e. The van der Waals surface area contributed by atoms with Crippen LogP contribution in [-0.4, -0.2) is 24.6 Å². The molecule has 0 bridgehead atoms. The van der Waals surface area contributed by atoms with Crippen LogP contribution in [0.2, 0.25) is 0 Å². The van der Waals surface area contributed by atoms with Crippen LogP contribution in [0.5, 0.6) is 0 Å². The monoisotopic (exact) mass is 217 g/mol. The Morgan fingerprint density at radius 3 is 2.88 bits per heavy atom. The molecule has 86 valence electrons. The maximum absolute atomic E-state index is 4.59. The molecule has 0 amide bonds. The summed E-state index contributed by atoms with van der Waals surface area (Å²) in [5, 5.41) is 3.57. The topological polar surface area (TPSA) is 28.2 Å². The van der Waals surface area contributed by atoms with Gasteiger partial charge in [0.2, 0.25) is 0 Å². The summed E-state index contributed by atoms with van der Waals surface area (Å²) in [6, 6.07) is 4.84. The molecule has 3 nitrogen and oxygen atoms in total. The number of rotatable bonds is 2. The van der Waals surface area contributed by atoms with E-state index in [1.165, 1.54) is 50.2 Å². The fourth-order valence-corrected chi connectivity index (χ4v) is 2.82. The number of nitrogens with zero attached hydrogens (tertiary/aromatic N) is 2. The third-order valence-corrected chi connectivity index (χ3v) is 3.66. The molecule has 0 radical (unpaired) electrons. The number of hydrogen-bond donors (Lipinski definition) is 1. The van der Waals surface area contributed by atoms with Crippen LogP contribution < -0.4 is 10.2 Å². The first-order valence-corrected chi connectivity index (χ1v) is 6.38. The van der Waals surface area contributed by atoms with E-state index in [1.807, 2.05) is 6.20 Å². The Kier molecular flexibility index (Phi) is 2.79. The highest BCUT2D eigenvalue weighted by atomic mass is 15.2. The van der Waals surface area contributed by atoms with Crippen LogP contribution in [0, 0.1) is 0 Å². The maximum Gasteiger partial charge on any atom is 0.133 e. The first-order chi connectivity index (χ1) is 7.95. The molecule has 0 saturated carbocycles. The lowest BCUT2D eigenvalue weighted by molar-refractivity contribution is 0.642. The zero-order chi connectivity index (χ0) is 10.8. The van der Waals surface area contributed by atoms with Gasteiger partial charge < -0.3 is 10.2 Å². The number of pyridine rings is 1. The Balaban J connectivity index is 1.90. The van der Waals surface area contributed by atoms with Crippen molar-refractivity contribution >= 4 is 5.82 Å². The molecule has 0 aliphatic carbocycles. The van der Waals surface area contributed by atoms with Crippen molar-refractivity contribution in [2.75, 3.05) is 24.5 Å². The van der Waals surface area contributed by atoms with Crippen molar-refractivity contribution in [3.05, 3.63) is 23.9 Å². The fourth-order valence-electron chi connectivity index (χ4n) is 2.82. The number of aromatic nitrogens is 1. The van der Waals surface area contributed by atoms with Crippen LogP contribution >= 0.6 is 0 Å². The van der Waals surface area contributed by atoms with Gasteiger partial charge in [0.05, 0.1) is 0 Å². The molecule has 0 aromatic carbocycles. The molecule has 2 aliphatic heterocycles. The SMILES string of the molecule is c1cnc(N2CCCC2)c(C2CCCN2)c1. The van der Waals surface area contributed by atoms with E-state index >= 15 is 0 Å². The quantitative estimate of drug-likeness (QED) is 0.822. The summed E-state index contributed by atoms with van der Waals surface area (Å²) >= 11 is 0. The van der Waals surface area contributed by atoms with Gasteiger partial charge in [0, 0.05) is 30.9 Å². The summed E-state index contributed by atoms with van der Waals surface area (Å²) in [6.45, 7) is 3.51. The van der Waals surface area contributed by atoms with E-state index in [-0.39, 0.29) is 0 Å². The molecule has 3 rings (SSSR count). The Morgan fingerprint density at radius 2 is 2.12 bits per heavy atom. The van der Waals surface area contributed by atoms with Crippen LogP contribution in [0.15, 0.2) is 18.3 Å². The van der Waals surface area contributed by atoms with E-state index in [4.69, 9.17) is 0 Å². The second kappa shape index (κ2) is 4.42. The van der Waals surface area contributed by atoms with Crippen molar-refractivity contribution in [3.8, 4) is 0 Å². The van der Waals surface area contributed by atoms with Gasteiger partial charge in [-0.1, -0.05) is 6.07 Å². The smallest absolute Gasteiger partial charge is 0.133 e. The van der Waals surface area contributed by atoms with Gasteiger partial charge in [-0.05, 0) is 38.3 Å². The minimum atomic E-state index is 0.532. The average Bonchev–Trinajstić information content (AvgIpc) is 3.03. The molecular formula is C13H19N3. The summed E-state index contributed by atoms with van der Waals surface area (Å²) in [5.74, 6) is 1.22. The van der Waals surface area contributed by atoms with Crippen LogP contribution in [0.4, 0.5) is 5.82 Å². The van der Waals surface area contributed by atoms with Crippen molar-refractivity contribution in [3.63, 3.8) is 0 Å². The van der Waals surface area contributed by atoms with Gasteiger partial charge in [-0.3, -0.25) is 0 Å². The van der Waals surface area contributed by atoms with Gasteiger partial charge in [0.25, 0.3) is 0 Å². The summed E-state index contributed by atoms with van der Waals surface area (Å²) in [4.78, 5) is 7.03. The van der Waals surface area contributed by atoms with E-state index in [0.717, 1.165) is 6.54 Å². The Hall–Kier alpha value is -1.09. The second-order valence-electron chi connectivity index (χ2n) is 4.76. The van der Waals surface area contributed by atoms with Crippen LogP contribution in [0.3, 0.4) is 0 Å². The van der Waals surface area contributed by atoms with Crippen LogP contribution in [0.25, 0.3) is 0 Å². The average molecular weight is 217 g/mol. The molecule has 3 heteroatoms. The molecule has 2 saturated heterocycles. The molecule has 2 aliphatic rings. The van der Waals surface area contributed by atoms with Crippen molar-refractivity contribution in [2.24, 2.45) is 0 Å². The van der Waals surface area contributed by atoms with Gasteiger partial charge >= 0.3 is 0 Å². The summed E-state index contributed by atoms with van der Waals surface area (Å²) in [6.07, 6.45) is 7.10. The van der Waals surface area contributed by atoms with Crippen LogP contribution in [-0.2, 0) is 0 Å². The highest BCUT2D eigenvalue weighted by Gasteiger charge is 2.23. The van der Waals surface area contributed by atoms with E-state index in [9.17, 15) is 0 Å². The van der Waals surface area contributed by atoms with E-state index < -0.39 is 0 Å². The molecule has 3 heterocycles. The molecule has 1 N–H and O–H groups in total. The van der Waals surface area contributed by atoms with Crippen molar-refractivity contribution in [1.82, 2.24) is 10.3 Å². The lowest BCUT2D eigenvalue weighted by Crippen LogP contribution is -2.23. The molecule has 1 aromatic heterocycles. The number of anilines is 1. The highest BCUT2D eigenvalue weighted by Crippen LogP contribution is 2.31. The second-order valence-corrected chi connectivity index (χ2v) is 4.76. The molecule has 0 spiro atoms. The first-order valence-electron chi connectivity index (χ1n) is 6.38. The van der Waals surface area contributed by atoms with E-state index in [1.54, 1.807) is 0 Å². The van der Waals surface area contributed by atoms with Gasteiger partial charge in [-0.2, -0.15) is 0 Å². The molecular weight excluding hydrogens is 198 g/mol. The third-order valence-electron chi connectivity index (χ3n) is 3.66. The zero-order valence-electron chi connectivity index (χ0n) is 9.65. The Morgan fingerprint density at radius 1 is 1.25 bits per heavy atom. The highest BCUT2D eigenvalue weighted by molar-refractivity contribution is 5.49. The predicted molar refractivity (Wildman–Crippen MR) is 65.7 cm³/mol.